The van der Waals surface area contributed by atoms with Crippen LogP contribution in [0.2, 0.25) is 19.6 Å². The van der Waals surface area contributed by atoms with Crippen LogP contribution in [0.3, 0.4) is 0 Å². The summed E-state index contributed by atoms with van der Waals surface area (Å²) >= 11 is 0. The third-order valence-electron chi connectivity index (χ3n) is 3.45. The predicted octanol–water partition coefficient (Wildman–Crippen LogP) is -4.98. The first kappa shape index (κ1) is 25.1. The molecule has 0 bridgehead atoms. The van der Waals surface area contributed by atoms with Gasteiger partial charge >= 0.3 is 21.7 Å². The number of halogens is 3. The Labute approximate surface area is 153 Å². The van der Waals surface area contributed by atoms with Gasteiger partial charge in [-0.2, -0.15) is 22.3 Å². The summed E-state index contributed by atoms with van der Waals surface area (Å²) in [5.41, 5.74) is 6.71. The van der Waals surface area contributed by atoms with E-state index >= 15 is 0 Å². The molecule has 0 nitrogen and oxygen atoms in total. The SMILES string of the molecule is Cc1cc2c([c-]1C[Si](C)(C)C)CCCC2.[Cl-].[Cl-].[Cl-].[Ti+4]. The molecule has 1 aliphatic carbocycles. The van der Waals surface area contributed by atoms with Gasteiger partial charge in [0.25, 0.3) is 0 Å². The van der Waals surface area contributed by atoms with E-state index < -0.39 is 8.07 Å². The molecule has 0 spiro atoms. The second-order valence-corrected chi connectivity index (χ2v) is 11.7. The van der Waals surface area contributed by atoms with Crippen LogP contribution in [0.25, 0.3) is 0 Å². The third-order valence-corrected chi connectivity index (χ3v) is 4.86. The minimum atomic E-state index is -0.952. The van der Waals surface area contributed by atoms with E-state index in [-0.39, 0.29) is 58.9 Å². The predicted molar refractivity (Wildman–Crippen MR) is 70.5 cm³/mol. The molecule has 0 amide bonds. The Morgan fingerprint density at radius 3 is 2.11 bits per heavy atom. The molecule has 1 aromatic carbocycles. The fraction of sp³-hybridized carbons (Fsp3) is 0.643. The zero-order chi connectivity index (χ0) is 11.1. The van der Waals surface area contributed by atoms with Crippen molar-refractivity contribution < 1.29 is 58.9 Å². The van der Waals surface area contributed by atoms with Crippen LogP contribution in [-0.4, -0.2) is 8.07 Å². The topological polar surface area (TPSA) is 0 Å². The number of rotatable bonds is 2. The molecule has 1 aromatic rings. The standard InChI is InChI=1S/C14H23Si.3ClH.Ti/c1-11-9-12-7-5-6-8-13(12)14(11)10-15(2,3)4;;;;/h9H,5-8,10H2,1-4H3;3*1H;/q-1;;;;+4/p-3. The Balaban J connectivity index is -0.000000640. The van der Waals surface area contributed by atoms with Crippen LogP contribution >= 0.6 is 0 Å². The van der Waals surface area contributed by atoms with Crippen molar-refractivity contribution in [3.8, 4) is 0 Å². The van der Waals surface area contributed by atoms with Crippen LogP contribution in [0.1, 0.15) is 35.1 Å². The molecule has 0 saturated heterocycles. The molecule has 108 valence electrons. The fourth-order valence-corrected chi connectivity index (χ4v) is 4.35. The molecule has 5 heteroatoms. The average Bonchev–Trinajstić information content (AvgIpc) is 2.41. The molecule has 0 atom stereocenters. The van der Waals surface area contributed by atoms with E-state index in [1.165, 1.54) is 31.7 Å². The minimum Gasteiger partial charge on any atom is -1.00 e. The van der Waals surface area contributed by atoms with Crippen molar-refractivity contribution in [2.45, 2.75) is 58.3 Å². The number of hydrogen-bond acceptors (Lipinski definition) is 0. The molecule has 0 heterocycles. The molecule has 19 heavy (non-hydrogen) atoms. The Hall–Kier alpha value is 1.15. The van der Waals surface area contributed by atoms with Crippen molar-refractivity contribution in [2.75, 3.05) is 0 Å². The molecule has 0 saturated carbocycles. The zero-order valence-electron chi connectivity index (χ0n) is 12.2. The van der Waals surface area contributed by atoms with Crippen LogP contribution in [-0.2, 0) is 40.6 Å². The largest absolute Gasteiger partial charge is 4.00 e. The van der Waals surface area contributed by atoms with Crippen LogP contribution in [0.5, 0.6) is 0 Å². The van der Waals surface area contributed by atoms with E-state index in [0.29, 0.717) is 0 Å². The zero-order valence-corrected chi connectivity index (χ0v) is 17.1. The van der Waals surface area contributed by atoms with Crippen LogP contribution in [0.4, 0.5) is 0 Å². The van der Waals surface area contributed by atoms with Gasteiger partial charge in [0.1, 0.15) is 0 Å². The van der Waals surface area contributed by atoms with Crippen molar-refractivity contribution in [3.63, 3.8) is 0 Å². The fourth-order valence-electron chi connectivity index (χ4n) is 2.80. The summed E-state index contributed by atoms with van der Waals surface area (Å²) in [5.74, 6) is 0. The van der Waals surface area contributed by atoms with E-state index in [2.05, 4.69) is 32.6 Å². The first-order valence-electron chi connectivity index (χ1n) is 6.24. The quantitative estimate of drug-likeness (QED) is 0.360. The number of fused-ring (bicyclic) bond motifs is 1. The monoisotopic (exact) mass is 372 g/mol. The molecule has 2 rings (SSSR count). The van der Waals surface area contributed by atoms with E-state index in [1.54, 1.807) is 22.3 Å². The van der Waals surface area contributed by atoms with E-state index in [1.807, 2.05) is 0 Å². The van der Waals surface area contributed by atoms with E-state index in [9.17, 15) is 0 Å². The Morgan fingerprint density at radius 1 is 1.05 bits per heavy atom. The summed E-state index contributed by atoms with van der Waals surface area (Å²) in [6.45, 7) is 9.76. The first-order valence-corrected chi connectivity index (χ1v) is 9.95. The van der Waals surface area contributed by atoms with Crippen molar-refractivity contribution in [3.05, 3.63) is 28.3 Å². The van der Waals surface area contributed by atoms with Gasteiger partial charge < -0.3 is 37.2 Å². The summed E-state index contributed by atoms with van der Waals surface area (Å²) in [6.07, 6.45) is 5.50. The van der Waals surface area contributed by atoms with Crippen LogP contribution in [0, 0.1) is 6.92 Å². The molecule has 1 aliphatic rings. The minimum absolute atomic E-state index is 0. The Kier molecular flexibility index (Phi) is 13.2. The van der Waals surface area contributed by atoms with Crippen molar-refractivity contribution in [1.29, 1.82) is 0 Å². The van der Waals surface area contributed by atoms with Gasteiger partial charge in [-0.15, -0.1) is 0 Å². The summed E-state index contributed by atoms with van der Waals surface area (Å²) in [6, 6.07) is 3.85. The van der Waals surface area contributed by atoms with Gasteiger partial charge in [0, 0.05) is 8.07 Å². The number of aryl methyl sites for hydroxylation is 2. The molecule has 0 radical (unpaired) electrons. The van der Waals surface area contributed by atoms with Gasteiger partial charge in [0.15, 0.2) is 0 Å². The maximum absolute atomic E-state index is 2.48. The molecular formula is C14H23Cl3SiTi. The molecule has 0 unspecified atom stereocenters. The number of hydrogen-bond donors (Lipinski definition) is 0. The van der Waals surface area contributed by atoms with E-state index in [4.69, 9.17) is 0 Å². The van der Waals surface area contributed by atoms with E-state index in [0.717, 1.165) is 0 Å². The second-order valence-electron chi connectivity index (χ2n) is 6.25. The summed E-state index contributed by atoms with van der Waals surface area (Å²) in [4.78, 5) is 0. The van der Waals surface area contributed by atoms with Gasteiger partial charge in [-0.05, 0) is 0 Å². The van der Waals surface area contributed by atoms with Crippen molar-refractivity contribution in [1.82, 2.24) is 0 Å². The van der Waals surface area contributed by atoms with Crippen LogP contribution in [0.15, 0.2) is 6.07 Å². The Bertz CT molecular complexity index is 370. The normalized spacial score (nSPS) is 13.1. The van der Waals surface area contributed by atoms with Gasteiger partial charge in [0.2, 0.25) is 0 Å². The Morgan fingerprint density at radius 2 is 1.58 bits per heavy atom. The van der Waals surface area contributed by atoms with Gasteiger partial charge in [0.05, 0.1) is 0 Å². The van der Waals surface area contributed by atoms with Crippen LogP contribution < -0.4 is 37.2 Å². The summed E-state index contributed by atoms with van der Waals surface area (Å²) in [7, 11) is -0.952. The molecule has 0 fully saturated rings. The molecular weight excluding hydrogens is 350 g/mol. The van der Waals surface area contributed by atoms with Gasteiger partial charge in [-0.3, -0.25) is 0 Å². The molecule has 0 N–H and O–H groups in total. The van der Waals surface area contributed by atoms with Crippen molar-refractivity contribution >= 4 is 8.07 Å². The average molecular weight is 374 g/mol. The third kappa shape index (κ3) is 6.63. The summed E-state index contributed by atoms with van der Waals surface area (Å²) < 4.78 is 0. The van der Waals surface area contributed by atoms with Gasteiger partial charge in [-0.25, -0.2) is 6.07 Å². The molecule has 0 aliphatic heterocycles. The molecule has 0 aromatic heterocycles. The maximum Gasteiger partial charge on any atom is 4.00 e. The van der Waals surface area contributed by atoms with Gasteiger partial charge in [-0.1, -0.05) is 58.3 Å². The van der Waals surface area contributed by atoms with Crippen molar-refractivity contribution in [2.24, 2.45) is 0 Å². The smallest absolute Gasteiger partial charge is 1.00 e. The first-order chi connectivity index (χ1) is 6.97. The summed E-state index contributed by atoms with van der Waals surface area (Å²) in [5, 5.41) is 0. The second kappa shape index (κ2) is 9.97. The maximum atomic E-state index is 2.48.